The Kier molecular flexibility index (Phi) is 8.51. The molecule has 0 spiro atoms. The number of hydrogen-bond acceptors (Lipinski definition) is 13. The number of imidazole rings is 1. The van der Waals surface area contributed by atoms with E-state index in [1.54, 1.807) is 12.1 Å². The molecule has 0 saturated carbocycles. The molecule has 3 heterocycles. The van der Waals surface area contributed by atoms with E-state index in [2.05, 4.69) is 30.5 Å². The smallest absolute Gasteiger partial charge is 0.303 e. The molecule has 4 atom stereocenters. The van der Waals surface area contributed by atoms with E-state index in [0.717, 1.165) is 19.4 Å². The number of azo groups is 1. The molecule has 4 rings (SSSR count). The minimum absolute atomic E-state index is 0.118. The van der Waals surface area contributed by atoms with Gasteiger partial charge in [0.1, 0.15) is 12.7 Å². The molecule has 0 radical (unpaired) electrons. The summed E-state index contributed by atoms with van der Waals surface area (Å²) in [6, 6.07) is 7.07. The number of ether oxygens (including phenoxy) is 4. The quantitative estimate of drug-likeness (QED) is 0.228. The van der Waals surface area contributed by atoms with Crippen LogP contribution < -0.4 is 10.9 Å². The molecule has 16 heteroatoms. The summed E-state index contributed by atoms with van der Waals surface area (Å²) in [7, 11) is 0. The molecule has 1 aromatic carbocycles. The Morgan fingerprint density at radius 3 is 2.24 bits per heavy atom. The van der Waals surface area contributed by atoms with Crippen molar-refractivity contribution in [2.75, 3.05) is 11.9 Å². The van der Waals surface area contributed by atoms with Crippen molar-refractivity contribution in [1.29, 1.82) is 0 Å². The van der Waals surface area contributed by atoms with Crippen molar-refractivity contribution < 1.29 is 38.1 Å². The van der Waals surface area contributed by atoms with Gasteiger partial charge < -0.3 is 18.9 Å². The summed E-state index contributed by atoms with van der Waals surface area (Å²) in [5, 5.41) is 10.8. The second-order valence-electron chi connectivity index (χ2n) is 9.10. The van der Waals surface area contributed by atoms with Crippen LogP contribution in [0, 0.1) is 6.92 Å². The number of carbonyl (C=O) groups excluding carboxylic acids is 4. The predicted octanol–water partition coefficient (Wildman–Crippen LogP) is 2.13. The van der Waals surface area contributed by atoms with Gasteiger partial charge >= 0.3 is 17.9 Å². The summed E-state index contributed by atoms with van der Waals surface area (Å²) < 4.78 is 23.4. The van der Waals surface area contributed by atoms with E-state index in [9.17, 15) is 24.0 Å². The van der Waals surface area contributed by atoms with Gasteiger partial charge in [0.05, 0.1) is 5.69 Å². The molecule has 1 aliphatic rings. The number of carbonyl (C=O) groups is 4. The molecule has 2 N–H and O–H groups in total. The van der Waals surface area contributed by atoms with Crippen LogP contribution in [0.15, 0.2) is 39.3 Å². The number of aromatic amines is 1. The number of hydrogen-bond donors (Lipinski definition) is 2. The van der Waals surface area contributed by atoms with E-state index in [1.807, 2.05) is 19.1 Å². The topological polar surface area (TPSA) is 206 Å². The average molecular weight is 570 g/mol. The highest BCUT2D eigenvalue weighted by Gasteiger charge is 2.52. The van der Waals surface area contributed by atoms with Crippen LogP contribution in [0.2, 0.25) is 0 Å². The maximum Gasteiger partial charge on any atom is 0.303 e. The maximum absolute atomic E-state index is 12.9. The first-order valence-electron chi connectivity index (χ1n) is 12.3. The number of aryl methyl sites for hydroxylation is 1. The Hall–Kier alpha value is -4.99. The fourth-order valence-electron chi connectivity index (χ4n) is 4.12. The number of esters is 3. The number of fused-ring (bicyclic) bond motifs is 1. The van der Waals surface area contributed by atoms with Crippen LogP contribution in [-0.2, 0) is 38.1 Å². The van der Waals surface area contributed by atoms with E-state index in [4.69, 9.17) is 18.9 Å². The number of benzene rings is 1. The first-order chi connectivity index (χ1) is 19.4. The second-order valence-corrected chi connectivity index (χ2v) is 9.10. The number of anilines is 1. The van der Waals surface area contributed by atoms with Crippen molar-refractivity contribution in [1.82, 2.24) is 19.5 Å². The van der Waals surface area contributed by atoms with Crippen molar-refractivity contribution in [3.63, 3.8) is 0 Å². The number of nitrogens with one attached hydrogen (secondary N) is 2. The largest absolute Gasteiger partial charge is 0.463 e. The van der Waals surface area contributed by atoms with Gasteiger partial charge in [0.25, 0.3) is 11.5 Å². The van der Waals surface area contributed by atoms with E-state index in [0.29, 0.717) is 5.69 Å². The van der Waals surface area contributed by atoms with Crippen LogP contribution in [0.1, 0.15) is 39.5 Å². The molecule has 1 fully saturated rings. The lowest BCUT2D eigenvalue weighted by Gasteiger charge is -2.24. The number of aromatic nitrogens is 4. The van der Waals surface area contributed by atoms with E-state index in [1.165, 1.54) is 18.4 Å². The molecular formula is C25H27N7O9. The Bertz CT molecular complexity index is 1580. The molecule has 16 nitrogen and oxygen atoms in total. The van der Waals surface area contributed by atoms with Gasteiger partial charge in [-0.1, -0.05) is 17.7 Å². The van der Waals surface area contributed by atoms with Gasteiger partial charge in [0.15, 0.2) is 29.6 Å². The van der Waals surface area contributed by atoms with Crippen LogP contribution in [0.4, 0.5) is 17.6 Å². The lowest BCUT2D eigenvalue weighted by atomic mass is 10.1. The van der Waals surface area contributed by atoms with Crippen molar-refractivity contribution >= 4 is 52.6 Å². The van der Waals surface area contributed by atoms with Crippen LogP contribution in [0.25, 0.3) is 11.2 Å². The van der Waals surface area contributed by atoms with Crippen molar-refractivity contribution in [2.24, 2.45) is 10.2 Å². The van der Waals surface area contributed by atoms with Gasteiger partial charge in [-0.2, -0.15) is 4.98 Å². The standard InChI is InChI=1S/C25H27N7O9/c1-11-6-8-16(9-7-11)30-31-25-27-18-21(28-24(26-12(2)33)29-22(18)37)32(25)23-20(40-15(5)36)19(39-14(4)35)17(41-23)10-38-13(3)34/h6-9,17,19-20,23H,10H2,1-5H3,(H2,26,28,29,33,37)/b31-30+/t17-,19?,20+,23-/m1/s1. The molecule has 1 saturated heterocycles. The maximum atomic E-state index is 12.9. The molecule has 3 aromatic rings. The second kappa shape index (κ2) is 12.0. The number of nitrogens with zero attached hydrogens (tertiary/aromatic N) is 5. The minimum Gasteiger partial charge on any atom is -0.463 e. The zero-order valence-corrected chi connectivity index (χ0v) is 22.7. The molecular weight excluding hydrogens is 542 g/mol. The SMILES string of the molecule is CC(=O)Nc1nc2c(nc(/N=N/c3ccc(C)cc3)n2[C@@H]2O[C@H](COC(C)=O)C(OC(C)=O)[C@@H]2OC(C)=O)c(=O)[nH]1. The molecule has 0 aliphatic carbocycles. The van der Waals surface area contributed by atoms with E-state index in [-0.39, 0.29) is 29.7 Å². The molecule has 216 valence electrons. The minimum atomic E-state index is -1.35. The normalized spacial score (nSPS) is 20.2. The van der Waals surface area contributed by atoms with Crippen LogP contribution in [-0.4, -0.2) is 68.3 Å². The highest BCUT2D eigenvalue weighted by molar-refractivity contribution is 5.87. The number of rotatable bonds is 8. The molecule has 1 unspecified atom stereocenters. The van der Waals surface area contributed by atoms with Gasteiger partial charge in [-0.05, 0) is 19.1 Å². The molecule has 2 aromatic heterocycles. The van der Waals surface area contributed by atoms with Crippen molar-refractivity contribution in [3.8, 4) is 0 Å². The summed E-state index contributed by atoms with van der Waals surface area (Å²) in [5.74, 6) is -2.99. The summed E-state index contributed by atoms with van der Waals surface area (Å²) in [4.78, 5) is 71.3. The van der Waals surface area contributed by atoms with E-state index < -0.39 is 53.9 Å². The van der Waals surface area contributed by atoms with Gasteiger partial charge in [-0.15, -0.1) is 10.2 Å². The van der Waals surface area contributed by atoms with Crippen LogP contribution >= 0.6 is 0 Å². The van der Waals surface area contributed by atoms with Crippen LogP contribution in [0.3, 0.4) is 0 Å². The van der Waals surface area contributed by atoms with Crippen molar-refractivity contribution in [2.45, 2.75) is 59.2 Å². The summed E-state index contributed by atoms with van der Waals surface area (Å²) in [6.45, 7) is 6.24. The number of amides is 1. The lowest BCUT2D eigenvalue weighted by Crippen LogP contribution is -2.40. The third-order valence-electron chi connectivity index (χ3n) is 5.71. The van der Waals surface area contributed by atoms with E-state index >= 15 is 0 Å². The highest BCUT2D eigenvalue weighted by atomic mass is 16.7. The predicted molar refractivity (Wildman–Crippen MR) is 139 cm³/mol. The highest BCUT2D eigenvalue weighted by Crippen LogP contribution is 2.39. The molecule has 0 bridgehead atoms. The summed E-state index contributed by atoms with van der Waals surface area (Å²) in [5.41, 5.74) is 0.418. The monoisotopic (exact) mass is 569 g/mol. The fraction of sp³-hybridized carbons (Fsp3) is 0.400. The molecule has 1 aliphatic heterocycles. The van der Waals surface area contributed by atoms with Gasteiger partial charge in [-0.3, -0.25) is 38.8 Å². The zero-order chi connectivity index (χ0) is 29.8. The first-order valence-corrected chi connectivity index (χ1v) is 12.3. The average Bonchev–Trinajstić information content (AvgIpc) is 3.39. The Morgan fingerprint density at radius 2 is 1.63 bits per heavy atom. The third-order valence-corrected chi connectivity index (χ3v) is 5.71. The van der Waals surface area contributed by atoms with Gasteiger partial charge in [-0.25, -0.2) is 4.98 Å². The first kappa shape index (κ1) is 29.0. The van der Waals surface area contributed by atoms with Gasteiger partial charge in [0.2, 0.25) is 11.9 Å². The summed E-state index contributed by atoms with van der Waals surface area (Å²) in [6.07, 6.45) is -5.02. The summed E-state index contributed by atoms with van der Waals surface area (Å²) >= 11 is 0. The van der Waals surface area contributed by atoms with Crippen LogP contribution in [0.5, 0.6) is 0 Å². The molecule has 1 amide bonds. The van der Waals surface area contributed by atoms with Crippen molar-refractivity contribution in [3.05, 3.63) is 40.2 Å². The fourth-order valence-corrected chi connectivity index (χ4v) is 4.12. The Morgan fingerprint density at radius 1 is 0.976 bits per heavy atom. The molecule has 41 heavy (non-hydrogen) atoms. The zero-order valence-electron chi connectivity index (χ0n) is 22.7. The Labute approximate surface area is 232 Å². The number of H-pyrrole nitrogens is 1. The van der Waals surface area contributed by atoms with Gasteiger partial charge in [0, 0.05) is 27.7 Å². The lowest BCUT2D eigenvalue weighted by molar-refractivity contribution is -0.166. The third kappa shape index (κ3) is 6.78. The Balaban J connectivity index is 1.91.